The lowest BCUT2D eigenvalue weighted by Gasteiger charge is -2.06. The van der Waals surface area contributed by atoms with E-state index in [1.165, 1.54) is 23.1 Å². The number of carbonyl (C=O) groups excluding carboxylic acids is 1. The highest BCUT2D eigenvalue weighted by atomic mass is 32.2. The predicted octanol–water partition coefficient (Wildman–Crippen LogP) is 3.56. The molecule has 0 spiro atoms. The summed E-state index contributed by atoms with van der Waals surface area (Å²) in [5.74, 6) is -0.167. The molecule has 1 amide bonds. The molecular formula is C18H19N3O3S. The third-order valence-electron chi connectivity index (χ3n) is 3.37. The average molecular weight is 357 g/mol. The van der Waals surface area contributed by atoms with Gasteiger partial charge < -0.3 is 10.6 Å². The molecule has 0 aromatic heterocycles. The second kappa shape index (κ2) is 9.48. The number of amides is 1. The smallest absolute Gasteiger partial charge is 0.269 e. The second-order valence-electron chi connectivity index (χ2n) is 5.13. The van der Waals surface area contributed by atoms with Crippen LogP contribution in [0.1, 0.15) is 5.56 Å². The molecule has 0 aliphatic carbocycles. The second-order valence-corrected chi connectivity index (χ2v) is 6.01. The topological polar surface area (TPSA) is 84.3 Å². The zero-order valence-corrected chi connectivity index (χ0v) is 14.6. The van der Waals surface area contributed by atoms with Crippen LogP contribution < -0.4 is 10.6 Å². The van der Waals surface area contributed by atoms with Crippen molar-refractivity contribution in [2.24, 2.45) is 0 Å². The van der Waals surface area contributed by atoms with Crippen molar-refractivity contribution < 1.29 is 9.72 Å². The first kappa shape index (κ1) is 18.5. The molecular weight excluding hydrogens is 338 g/mol. The van der Waals surface area contributed by atoms with Gasteiger partial charge >= 0.3 is 0 Å². The Morgan fingerprint density at radius 2 is 1.80 bits per heavy atom. The SMILES string of the molecule is CSc1ccc(/C=C/C(=O)NCCNc2ccc([N+](=O)[O-])cc2)cc1. The van der Waals surface area contributed by atoms with Crippen LogP contribution in [-0.2, 0) is 4.79 Å². The Kier molecular flexibility index (Phi) is 7.03. The molecule has 0 atom stereocenters. The van der Waals surface area contributed by atoms with Gasteiger partial charge in [0.2, 0.25) is 5.91 Å². The maximum atomic E-state index is 11.8. The molecule has 25 heavy (non-hydrogen) atoms. The van der Waals surface area contributed by atoms with E-state index in [0.717, 1.165) is 11.3 Å². The van der Waals surface area contributed by atoms with Crippen LogP contribution >= 0.6 is 11.8 Å². The highest BCUT2D eigenvalue weighted by Gasteiger charge is 2.03. The molecule has 0 radical (unpaired) electrons. The Hall–Kier alpha value is -2.80. The molecule has 0 saturated carbocycles. The number of rotatable bonds is 8. The zero-order valence-electron chi connectivity index (χ0n) is 13.8. The van der Waals surface area contributed by atoms with Crippen LogP contribution in [0.25, 0.3) is 6.08 Å². The van der Waals surface area contributed by atoms with Gasteiger partial charge in [0.15, 0.2) is 0 Å². The number of nitrogens with one attached hydrogen (secondary N) is 2. The van der Waals surface area contributed by atoms with Crippen LogP contribution in [0.5, 0.6) is 0 Å². The number of nitro groups is 1. The minimum Gasteiger partial charge on any atom is -0.383 e. The summed E-state index contributed by atoms with van der Waals surface area (Å²) in [7, 11) is 0. The van der Waals surface area contributed by atoms with E-state index >= 15 is 0 Å². The highest BCUT2D eigenvalue weighted by molar-refractivity contribution is 7.98. The third kappa shape index (κ3) is 6.31. The van der Waals surface area contributed by atoms with Gasteiger partial charge in [-0.25, -0.2) is 0 Å². The highest BCUT2D eigenvalue weighted by Crippen LogP contribution is 2.16. The Labute approximate surface area is 150 Å². The summed E-state index contributed by atoms with van der Waals surface area (Å²) in [5, 5.41) is 16.4. The van der Waals surface area contributed by atoms with E-state index in [9.17, 15) is 14.9 Å². The number of benzene rings is 2. The van der Waals surface area contributed by atoms with Gasteiger partial charge in [-0.1, -0.05) is 12.1 Å². The number of non-ortho nitro benzene ring substituents is 1. The molecule has 2 N–H and O–H groups in total. The lowest BCUT2D eigenvalue weighted by atomic mass is 10.2. The fourth-order valence-corrected chi connectivity index (χ4v) is 2.45. The van der Waals surface area contributed by atoms with Crippen LogP contribution in [0.15, 0.2) is 59.5 Å². The first-order valence-electron chi connectivity index (χ1n) is 7.67. The van der Waals surface area contributed by atoms with Crippen LogP contribution in [0.2, 0.25) is 0 Å². The van der Waals surface area contributed by atoms with Crippen molar-refractivity contribution in [3.8, 4) is 0 Å². The molecule has 130 valence electrons. The Morgan fingerprint density at radius 1 is 1.12 bits per heavy atom. The number of thioether (sulfide) groups is 1. The standard InChI is InChI=1S/C18H19N3O3S/c1-25-17-9-2-14(3-10-17)4-11-18(22)20-13-12-19-15-5-7-16(8-6-15)21(23)24/h2-11,19H,12-13H2,1H3,(H,20,22)/b11-4+. The summed E-state index contributed by atoms with van der Waals surface area (Å²) < 4.78 is 0. The van der Waals surface area contributed by atoms with Crippen molar-refractivity contribution in [2.75, 3.05) is 24.7 Å². The van der Waals surface area contributed by atoms with Crippen molar-refractivity contribution in [2.45, 2.75) is 4.90 Å². The number of hydrogen-bond acceptors (Lipinski definition) is 5. The summed E-state index contributed by atoms with van der Waals surface area (Å²) in [6.45, 7) is 0.978. The lowest BCUT2D eigenvalue weighted by molar-refractivity contribution is -0.384. The Balaban J connectivity index is 1.70. The van der Waals surface area contributed by atoms with E-state index in [-0.39, 0.29) is 11.6 Å². The molecule has 0 aliphatic heterocycles. The molecule has 0 unspecified atom stereocenters. The molecule has 2 aromatic rings. The minimum absolute atomic E-state index is 0.0505. The van der Waals surface area contributed by atoms with Gasteiger partial charge in [0.1, 0.15) is 0 Å². The summed E-state index contributed by atoms with van der Waals surface area (Å²) in [6.07, 6.45) is 5.28. The maximum Gasteiger partial charge on any atom is 0.269 e. The number of anilines is 1. The monoisotopic (exact) mass is 357 g/mol. The molecule has 7 heteroatoms. The molecule has 6 nitrogen and oxygen atoms in total. The summed E-state index contributed by atoms with van der Waals surface area (Å²) in [5.41, 5.74) is 1.79. The normalized spacial score (nSPS) is 10.6. The van der Waals surface area contributed by atoms with Gasteiger partial charge in [0, 0.05) is 41.9 Å². The summed E-state index contributed by atoms with van der Waals surface area (Å²) in [4.78, 5) is 23.1. The number of carbonyl (C=O) groups is 1. The van der Waals surface area contributed by atoms with E-state index in [0.29, 0.717) is 13.1 Å². The van der Waals surface area contributed by atoms with E-state index in [1.807, 2.05) is 30.5 Å². The molecule has 0 aliphatic rings. The average Bonchev–Trinajstić information content (AvgIpc) is 2.64. The maximum absolute atomic E-state index is 11.8. The number of hydrogen-bond donors (Lipinski definition) is 2. The van der Waals surface area contributed by atoms with Crippen LogP contribution in [0.3, 0.4) is 0 Å². The van der Waals surface area contributed by atoms with E-state index in [4.69, 9.17) is 0 Å². The zero-order chi connectivity index (χ0) is 18.1. The van der Waals surface area contributed by atoms with Gasteiger partial charge in [-0.15, -0.1) is 11.8 Å². The van der Waals surface area contributed by atoms with Gasteiger partial charge in [0.05, 0.1) is 4.92 Å². The van der Waals surface area contributed by atoms with Crippen molar-refractivity contribution >= 4 is 35.1 Å². The van der Waals surface area contributed by atoms with Crippen LogP contribution in [-0.4, -0.2) is 30.2 Å². The Bertz CT molecular complexity index is 743. The number of nitrogens with zero attached hydrogens (tertiary/aromatic N) is 1. The predicted molar refractivity (Wildman–Crippen MR) is 102 cm³/mol. The van der Waals surface area contributed by atoms with Crippen LogP contribution in [0, 0.1) is 10.1 Å². The van der Waals surface area contributed by atoms with Crippen molar-refractivity contribution in [3.63, 3.8) is 0 Å². The Morgan fingerprint density at radius 3 is 2.40 bits per heavy atom. The number of nitro benzene ring substituents is 1. The molecule has 2 rings (SSSR count). The van der Waals surface area contributed by atoms with Crippen LogP contribution in [0.4, 0.5) is 11.4 Å². The van der Waals surface area contributed by atoms with E-state index in [2.05, 4.69) is 10.6 Å². The van der Waals surface area contributed by atoms with Gasteiger partial charge in [-0.2, -0.15) is 0 Å². The first-order chi connectivity index (χ1) is 12.1. The first-order valence-corrected chi connectivity index (χ1v) is 8.89. The molecule has 2 aromatic carbocycles. The fraction of sp³-hybridized carbons (Fsp3) is 0.167. The van der Waals surface area contributed by atoms with Crippen molar-refractivity contribution in [1.29, 1.82) is 0 Å². The fourth-order valence-electron chi connectivity index (χ4n) is 2.04. The van der Waals surface area contributed by atoms with Gasteiger partial charge in [-0.05, 0) is 42.2 Å². The van der Waals surface area contributed by atoms with Crippen molar-refractivity contribution in [3.05, 3.63) is 70.3 Å². The quantitative estimate of drug-likeness (QED) is 0.248. The lowest BCUT2D eigenvalue weighted by Crippen LogP contribution is -2.27. The van der Waals surface area contributed by atoms with E-state index in [1.54, 1.807) is 30.0 Å². The summed E-state index contributed by atoms with van der Waals surface area (Å²) in [6, 6.07) is 14.1. The largest absolute Gasteiger partial charge is 0.383 e. The molecule has 0 bridgehead atoms. The van der Waals surface area contributed by atoms with Crippen molar-refractivity contribution in [1.82, 2.24) is 5.32 Å². The molecule has 0 heterocycles. The van der Waals surface area contributed by atoms with E-state index < -0.39 is 4.92 Å². The third-order valence-corrected chi connectivity index (χ3v) is 4.12. The van der Waals surface area contributed by atoms with Gasteiger partial charge in [-0.3, -0.25) is 14.9 Å². The van der Waals surface area contributed by atoms with Gasteiger partial charge in [0.25, 0.3) is 5.69 Å². The summed E-state index contributed by atoms with van der Waals surface area (Å²) >= 11 is 1.67. The molecule has 0 fully saturated rings. The molecule has 0 saturated heterocycles. The minimum atomic E-state index is -0.440.